The molecule has 4 heteroatoms. The Balaban J connectivity index is 2.18. The molecule has 4 nitrogen and oxygen atoms in total. The van der Waals surface area contributed by atoms with Gasteiger partial charge in [0.15, 0.2) is 5.82 Å². The molecule has 2 aromatic rings. The SMILES string of the molecule is CN(C)c1ncccc1NCc1ccccc1C#N. The zero-order valence-corrected chi connectivity index (χ0v) is 11.1. The van der Waals surface area contributed by atoms with E-state index in [2.05, 4.69) is 16.4 Å². The molecule has 0 aliphatic carbocycles. The van der Waals surface area contributed by atoms with E-state index >= 15 is 0 Å². The molecule has 0 fully saturated rings. The van der Waals surface area contributed by atoms with Crippen LogP contribution in [0.2, 0.25) is 0 Å². The fraction of sp³-hybridized carbons (Fsp3) is 0.200. The summed E-state index contributed by atoms with van der Waals surface area (Å²) in [6, 6.07) is 13.7. The van der Waals surface area contributed by atoms with E-state index in [9.17, 15) is 0 Å². The Bertz CT molecular complexity index is 599. The van der Waals surface area contributed by atoms with Gasteiger partial charge in [-0.2, -0.15) is 5.26 Å². The number of nitriles is 1. The average Bonchev–Trinajstić information content (AvgIpc) is 2.45. The van der Waals surface area contributed by atoms with Crippen LogP contribution in [-0.4, -0.2) is 19.1 Å². The van der Waals surface area contributed by atoms with E-state index in [4.69, 9.17) is 5.26 Å². The van der Waals surface area contributed by atoms with E-state index in [-0.39, 0.29) is 0 Å². The molecule has 0 radical (unpaired) electrons. The lowest BCUT2D eigenvalue weighted by atomic mass is 10.1. The summed E-state index contributed by atoms with van der Waals surface area (Å²) in [5.41, 5.74) is 2.64. The first kappa shape index (κ1) is 12.9. The number of anilines is 2. The Morgan fingerprint density at radius 3 is 2.74 bits per heavy atom. The standard InChI is InChI=1S/C15H16N4/c1-19(2)15-14(8-5-9-17-15)18-11-13-7-4-3-6-12(13)10-16/h3-9,18H,11H2,1-2H3. The van der Waals surface area contributed by atoms with Gasteiger partial charge in [-0.05, 0) is 23.8 Å². The summed E-state index contributed by atoms with van der Waals surface area (Å²) in [6.45, 7) is 0.607. The maximum Gasteiger partial charge on any atom is 0.151 e. The van der Waals surface area contributed by atoms with Gasteiger partial charge in [0.25, 0.3) is 0 Å². The molecule has 0 saturated heterocycles. The second-order valence-electron chi connectivity index (χ2n) is 4.39. The van der Waals surface area contributed by atoms with E-state index in [1.54, 1.807) is 6.20 Å². The molecule has 1 N–H and O–H groups in total. The summed E-state index contributed by atoms with van der Waals surface area (Å²) in [4.78, 5) is 6.29. The second kappa shape index (κ2) is 5.87. The third kappa shape index (κ3) is 3.02. The van der Waals surface area contributed by atoms with Crippen LogP contribution in [0.1, 0.15) is 11.1 Å². The highest BCUT2D eigenvalue weighted by molar-refractivity contribution is 5.64. The molecule has 96 valence electrons. The zero-order chi connectivity index (χ0) is 13.7. The minimum Gasteiger partial charge on any atom is -0.378 e. The van der Waals surface area contributed by atoms with Gasteiger partial charge in [-0.15, -0.1) is 0 Å². The molecule has 0 spiro atoms. The molecule has 1 aromatic heterocycles. The average molecular weight is 252 g/mol. The van der Waals surface area contributed by atoms with Crippen molar-refractivity contribution < 1.29 is 0 Å². The fourth-order valence-corrected chi connectivity index (χ4v) is 1.87. The normalized spacial score (nSPS) is 9.74. The maximum absolute atomic E-state index is 9.06. The van der Waals surface area contributed by atoms with Gasteiger partial charge in [0, 0.05) is 26.8 Å². The van der Waals surface area contributed by atoms with Crippen LogP contribution in [0, 0.1) is 11.3 Å². The third-order valence-electron chi connectivity index (χ3n) is 2.82. The Morgan fingerprint density at radius 1 is 1.21 bits per heavy atom. The van der Waals surface area contributed by atoms with Crippen LogP contribution in [0.15, 0.2) is 42.6 Å². The third-order valence-corrected chi connectivity index (χ3v) is 2.82. The van der Waals surface area contributed by atoms with Gasteiger partial charge in [-0.3, -0.25) is 0 Å². The second-order valence-corrected chi connectivity index (χ2v) is 4.39. The fourth-order valence-electron chi connectivity index (χ4n) is 1.87. The molecule has 0 atom stereocenters. The van der Waals surface area contributed by atoms with Crippen molar-refractivity contribution in [2.45, 2.75) is 6.54 Å². The highest BCUT2D eigenvalue weighted by Crippen LogP contribution is 2.21. The number of hydrogen-bond acceptors (Lipinski definition) is 4. The molecule has 19 heavy (non-hydrogen) atoms. The Hall–Kier alpha value is -2.54. The molecule has 0 bridgehead atoms. The summed E-state index contributed by atoms with van der Waals surface area (Å²) in [7, 11) is 3.91. The number of nitrogens with one attached hydrogen (secondary N) is 1. The van der Waals surface area contributed by atoms with E-state index in [0.717, 1.165) is 17.1 Å². The molecule has 0 amide bonds. The molecule has 0 saturated carbocycles. The molecular formula is C15H16N4. The number of pyridine rings is 1. The van der Waals surface area contributed by atoms with Gasteiger partial charge in [0.05, 0.1) is 17.3 Å². The van der Waals surface area contributed by atoms with Crippen molar-refractivity contribution in [1.82, 2.24) is 4.98 Å². The smallest absolute Gasteiger partial charge is 0.151 e. The van der Waals surface area contributed by atoms with E-state index in [0.29, 0.717) is 12.1 Å². The van der Waals surface area contributed by atoms with Gasteiger partial charge in [0.1, 0.15) is 0 Å². The minimum absolute atomic E-state index is 0.607. The molecule has 2 rings (SSSR count). The van der Waals surface area contributed by atoms with Crippen molar-refractivity contribution in [3.63, 3.8) is 0 Å². The first-order chi connectivity index (χ1) is 9.22. The quantitative estimate of drug-likeness (QED) is 0.908. The molecule has 0 aliphatic rings. The number of hydrogen-bond donors (Lipinski definition) is 1. The van der Waals surface area contributed by atoms with Gasteiger partial charge in [0.2, 0.25) is 0 Å². The first-order valence-corrected chi connectivity index (χ1v) is 6.06. The summed E-state index contributed by atoms with van der Waals surface area (Å²) >= 11 is 0. The van der Waals surface area contributed by atoms with Crippen molar-refractivity contribution in [1.29, 1.82) is 5.26 Å². The van der Waals surface area contributed by atoms with Crippen LogP contribution in [0.25, 0.3) is 0 Å². The summed E-state index contributed by atoms with van der Waals surface area (Å²) < 4.78 is 0. The van der Waals surface area contributed by atoms with Crippen molar-refractivity contribution in [2.75, 3.05) is 24.3 Å². The summed E-state index contributed by atoms with van der Waals surface area (Å²) in [5.74, 6) is 0.886. The van der Waals surface area contributed by atoms with Crippen molar-refractivity contribution in [3.05, 3.63) is 53.7 Å². The topological polar surface area (TPSA) is 52.0 Å². The van der Waals surface area contributed by atoms with Gasteiger partial charge >= 0.3 is 0 Å². The van der Waals surface area contributed by atoms with E-state index < -0.39 is 0 Å². The Morgan fingerprint density at radius 2 is 2.00 bits per heavy atom. The summed E-state index contributed by atoms with van der Waals surface area (Å²) in [5, 5.41) is 12.4. The lowest BCUT2D eigenvalue weighted by Crippen LogP contribution is -2.14. The highest BCUT2D eigenvalue weighted by atomic mass is 15.2. The van der Waals surface area contributed by atoms with Crippen LogP contribution in [-0.2, 0) is 6.54 Å². The van der Waals surface area contributed by atoms with Crippen LogP contribution >= 0.6 is 0 Å². The van der Waals surface area contributed by atoms with Gasteiger partial charge in [-0.1, -0.05) is 18.2 Å². The van der Waals surface area contributed by atoms with Crippen LogP contribution < -0.4 is 10.2 Å². The highest BCUT2D eigenvalue weighted by Gasteiger charge is 2.06. The molecule has 1 heterocycles. The molecule has 1 aromatic carbocycles. The number of aromatic nitrogens is 1. The van der Waals surface area contributed by atoms with Crippen molar-refractivity contribution >= 4 is 11.5 Å². The van der Waals surface area contributed by atoms with Gasteiger partial charge < -0.3 is 10.2 Å². The molecular weight excluding hydrogens is 236 g/mol. The molecule has 0 unspecified atom stereocenters. The predicted molar refractivity (Wildman–Crippen MR) is 77.0 cm³/mol. The molecule has 0 aliphatic heterocycles. The lowest BCUT2D eigenvalue weighted by molar-refractivity contribution is 1.05. The van der Waals surface area contributed by atoms with Crippen molar-refractivity contribution in [2.24, 2.45) is 0 Å². The van der Waals surface area contributed by atoms with E-state index in [1.807, 2.05) is 55.4 Å². The van der Waals surface area contributed by atoms with E-state index in [1.165, 1.54) is 0 Å². The minimum atomic E-state index is 0.607. The Kier molecular flexibility index (Phi) is 3.99. The number of nitrogens with zero attached hydrogens (tertiary/aromatic N) is 3. The monoisotopic (exact) mass is 252 g/mol. The predicted octanol–water partition coefficient (Wildman–Crippen LogP) is 2.63. The summed E-state index contributed by atoms with van der Waals surface area (Å²) in [6.07, 6.45) is 1.77. The Labute approximate surface area is 113 Å². The lowest BCUT2D eigenvalue weighted by Gasteiger charge is -2.17. The maximum atomic E-state index is 9.06. The van der Waals surface area contributed by atoms with Crippen molar-refractivity contribution in [3.8, 4) is 6.07 Å². The first-order valence-electron chi connectivity index (χ1n) is 6.06. The van der Waals surface area contributed by atoms with Crippen LogP contribution in [0.3, 0.4) is 0 Å². The number of rotatable bonds is 4. The van der Waals surface area contributed by atoms with Crippen LogP contribution in [0.5, 0.6) is 0 Å². The largest absolute Gasteiger partial charge is 0.378 e. The van der Waals surface area contributed by atoms with Gasteiger partial charge in [-0.25, -0.2) is 4.98 Å². The van der Waals surface area contributed by atoms with Crippen LogP contribution in [0.4, 0.5) is 11.5 Å². The zero-order valence-electron chi connectivity index (χ0n) is 11.1. The number of benzene rings is 1.